The lowest BCUT2D eigenvalue weighted by Crippen LogP contribution is -2.14. The zero-order valence-corrected chi connectivity index (χ0v) is 14.0. The van der Waals surface area contributed by atoms with E-state index in [0.29, 0.717) is 11.4 Å². The lowest BCUT2D eigenvalue weighted by atomic mass is 10.1. The zero-order chi connectivity index (χ0) is 15.3. The van der Waals surface area contributed by atoms with Crippen molar-refractivity contribution in [1.29, 1.82) is 0 Å². The van der Waals surface area contributed by atoms with Crippen molar-refractivity contribution in [3.8, 4) is 0 Å². The number of sulfonamides is 1. The molecule has 1 saturated heterocycles. The highest BCUT2D eigenvalue weighted by Gasteiger charge is 2.43. The second-order valence-corrected chi connectivity index (χ2v) is 7.99. The summed E-state index contributed by atoms with van der Waals surface area (Å²) in [5.74, 6) is 0. The van der Waals surface area contributed by atoms with Gasteiger partial charge in [0, 0.05) is 12.6 Å². The van der Waals surface area contributed by atoms with Crippen molar-refractivity contribution in [2.75, 3.05) is 6.54 Å². The molecule has 1 aliphatic rings. The average molecular weight is 309 g/mol. The highest BCUT2D eigenvalue weighted by molar-refractivity contribution is 7.89. The van der Waals surface area contributed by atoms with Gasteiger partial charge >= 0.3 is 0 Å². The molecule has 1 heterocycles. The third-order valence-electron chi connectivity index (χ3n) is 4.18. The second kappa shape index (κ2) is 7.41. The Morgan fingerprint density at radius 3 is 2.33 bits per heavy atom. The van der Waals surface area contributed by atoms with E-state index in [0.717, 1.165) is 18.4 Å². The summed E-state index contributed by atoms with van der Waals surface area (Å²) in [6.45, 7) is 4.89. The summed E-state index contributed by atoms with van der Waals surface area (Å²) >= 11 is 0. The van der Waals surface area contributed by atoms with Crippen LogP contribution in [-0.2, 0) is 10.0 Å². The van der Waals surface area contributed by atoms with E-state index in [-0.39, 0.29) is 6.04 Å². The van der Waals surface area contributed by atoms with Crippen LogP contribution in [0.4, 0.5) is 0 Å². The maximum absolute atomic E-state index is 12.4. The number of aryl methyl sites for hydroxylation is 1. The highest BCUT2D eigenvalue weighted by atomic mass is 32.2. The topological polar surface area (TPSA) is 37.1 Å². The number of nitrogens with zero attached hydrogens (tertiary/aromatic N) is 1. The van der Waals surface area contributed by atoms with Crippen LogP contribution >= 0.6 is 0 Å². The molecule has 21 heavy (non-hydrogen) atoms. The van der Waals surface area contributed by atoms with Crippen LogP contribution in [0.25, 0.3) is 0 Å². The second-order valence-electron chi connectivity index (χ2n) is 6.10. The Morgan fingerprint density at radius 1 is 1.05 bits per heavy atom. The van der Waals surface area contributed by atoms with Gasteiger partial charge in [0.05, 0.1) is 4.90 Å². The van der Waals surface area contributed by atoms with E-state index < -0.39 is 10.0 Å². The van der Waals surface area contributed by atoms with E-state index >= 15 is 0 Å². The van der Waals surface area contributed by atoms with Crippen molar-refractivity contribution in [2.45, 2.75) is 69.7 Å². The number of hydrogen-bond donors (Lipinski definition) is 0. The van der Waals surface area contributed by atoms with Gasteiger partial charge in [-0.05, 0) is 25.5 Å². The first-order chi connectivity index (χ1) is 10.1. The first-order valence-electron chi connectivity index (χ1n) is 8.14. The van der Waals surface area contributed by atoms with Crippen LogP contribution in [0, 0.1) is 6.92 Å². The Morgan fingerprint density at radius 2 is 1.67 bits per heavy atom. The van der Waals surface area contributed by atoms with Crippen molar-refractivity contribution in [3.63, 3.8) is 0 Å². The molecule has 2 atom stereocenters. The van der Waals surface area contributed by atoms with Gasteiger partial charge in [-0.15, -0.1) is 0 Å². The highest BCUT2D eigenvalue weighted by Crippen LogP contribution is 2.31. The van der Waals surface area contributed by atoms with Gasteiger partial charge in [0.15, 0.2) is 0 Å². The molecule has 1 aromatic carbocycles. The van der Waals surface area contributed by atoms with Crippen molar-refractivity contribution in [3.05, 3.63) is 29.8 Å². The van der Waals surface area contributed by atoms with Gasteiger partial charge in [-0.1, -0.05) is 63.1 Å². The molecule has 2 unspecified atom stereocenters. The molecule has 0 saturated carbocycles. The number of unbranched alkanes of at least 4 members (excludes halogenated alkanes) is 5. The predicted octanol–water partition coefficient (Wildman–Crippen LogP) is 4.12. The van der Waals surface area contributed by atoms with Crippen LogP contribution < -0.4 is 0 Å². The molecule has 3 nitrogen and oxygen atoms in total. The van der Waals surface area contributed by atoms with Gasteiger partial charge in [-0.2, -0.15) is 4.31 Å². The lowest BCUT2D eigenvalue weighted by Gasteiger charge is -2.07. The van der Waals surface area contributed by atoms with E-state index in [4.69, 9.17) is 0 Å². The predicted molar refractivity (Wildman–Crippen MR) is 86.9 cm³/mol. The molecule has 1 aliphatic heterocycles. The monoisotopic (exact) mass is 309 g/mol. The molecule has 0 amide bonds. The Balaban J connectivity index is 1.76. The van der Waals surface area contributed by atoms with E-state index in [1.807, 2.05) is 19.1 Å². The van der Waals surface area contributed by atoms with Crippen LogP contribution in [-0.4, -0.2) is 25.3 Å². The van der Waals surface area contributed by atoms with Gasteiger partial charge in [0.2, 0.25) is 10.0 Å². The normalized spacial score (nSPS) is 21.4. The van der Waals surface area contributed by atoms with Crippen LogP contribution in [0.1, 0.15) is 57.4 Å². The third-order valence-corrected chi connectivity index (χ3v) is 6.12. The van der Waals surface area contributed by atoms with E-state index in [2.05, 4.69) is 6.92 Å². The van der Waals surface area contributed by atoms with Crippen molar-refractivity contribution >= 4 is 10.0 Å². The first kappa shape index (κ1) is 16.5. The number of rotatable bonds is 9. The summed E-state index contributed by atoms with van der Waals surface area (Å²) in [4.78, 5) is 0.429. The van der Waals surface area contributed by atoms with E-state index in [1.54, 1.807) is 16.4 Å². The molecule has 0 radical (unpaired) electrons. The summed E-state index contributed by atoms with van der Waals surface area (Å²) in [6, 6.07) is 7.39. The van der Waals surface area contributed by atoms with Crippen LogP contribution in [0.3, 0.4) is 0 Å². The van der Waals surface area contributed by atoms with Crippen molar-refractivity contribution < 1.29 is 8.42 Å². The molecule has 118 valence electrons. The summed E-state index contributed by atoms with van der Waals surface area (Å²) in [5, 5.41) is 0. The number of benzene rings is 1. The lowest BCUT2D eigenvalue weighted by molar-refractivity contribution is 0.533. The van der Waals surface area contributed by atoms with Gasteiger partial charge < -0.3 is 0 Å². The quantitative estimate of drug-likeness (QED) is 0.508. The molecule has 0 aromatic heterocycles. The first-order valence-corrected chi connectivity index (χ1v) is 9.58. The third kappa shape index (κ3) is 4.55. The zero-order valence-electron chi connectivity index (χ0n) is 13.2. The fraction of sp³-hybridized carbons (Fsp3) is 0.647. The van der Waals surface area contributed by atoms with Gasteiger partial charge in [-0.25, -0.2) is 8.42 Å². The van der Waals surface area contributed by atoms with Crippen LogP contribution in [0.15, 0.2) is 29.2 Å². The molecule has 2 rings (SSSR count). The number of hydrogen-bond acceptors (Lipinski definition) is 2. The summed E-state index contributed by atoms with van der Waals surface area (Å²) in [7, 11) is -3.25. The largest absolute Gasteiger partial charge is 0.243 e. The molecular weight excluding hydrogens is 282 g/mol. The maximum atomic E-state index is 12.4. The van der Waals surface area contributed by atoms with Gasteiger partial charge in [0.1, 0.15) is 0 Å². The molecular formula is C17H27NO2S. The minimum atomic E-state index is -3.25. The fourth-order valence-electron chi connectivity index (χ4n) is 2.70. The Kier molecular flexibility index (Phi) is 5.82. The maximum Gasteiger partial charge on any atom is 0.243 e. The van der Waals surface area contributed by atoms with Crippen LogP contribution in [0.5, 0.6) is 0 Å². The average Bonchev–Trinajstić information content (AvgIpc) is 3.23. The van der Waals surface area contributed by atoms with E-state index in [9.17, 15) is 8.42 Å². The van der Waals surface area contributed by atoms with Crippen LogP contribution in [0.2, 0.25) is 0 Å². The molecule has 0 N–H and O–H groups in total. The Hall–Kier alpha value is -0.870. The van der Waals surface area contributed by atoms with Crippen molar-refractivity contribution in [2.24, 2.45) is 0 Å². The molecule has 0 aliphatic carbocycles. The van der Waals surface area contributed by atoms with Crippen molar-refractivity contribution in [1.82, 2.24) is 4.31 Å². The summed E-state index contributed by atoms with van der Waals surface area (Å²) in [5.41, 5.74) is 1.09. The molecule has 0 spiro atoms. The molecule has 1 aromatic rings. The minimum Gasteiger partial charge on any atom is -0.207 e. The Bertz CT molecular complexity index is 536. The Labute approximate surface area is 129 Å². The van der Waals surface area contributed by atoms with Gasteiger partial charge in [0.25, 0.3) is 0 Å². The summed E-state index contributed by atoms with van der Waals surface area (Å²) in [6.07, 6.45) is 8.57. The fourth-order valence-corrected chi connectivity index (χ4v) is 4.31. The van der Waals surface area contributed by atoms with Gasteiger partial charge in [-0.3, -0.25) is 0 Å². The molecule has 4 heteroatoms. The smallest absolute Gasteiger partial charge is 0.207 e. The standard InChI is InChI=1S/C17H27NO2S/c1-3-4-5-6-7-8-9-16-14-18(16)21(19,20)17-12-10-15(2)11-13-17/h10-13,16H,3-9,14H2,1-2H3. The van der Waals surface area contributed by atoms with E-state index in [1.165, 1.54) is 32.1 Å². The molecule has 0 bridgehead atoms. The SMILES string of the molecule is CCCCCCCCC1CN1S(=O)(=O)c1ccc(C)cc1. The summed E-state index contributed by atoms with van der Waals surface area (Å²) < 4.78 is 26.5. The minimum absolute atomic E-state index is 0.238. The molecule has 1 fully saturated rings.